The van der Waals surface area contributed by atoms with Crippen molar-refractivity contribution in [2.45, 2.75) is 13.5 Å². The fraction of sp³-hybridized carbons (Fsp3) is 0.286. The third-order valence-electron chi connectivity index (χ3n) is 4.90. The Kier molecular flexibility index (Phi) is 5.04. The molecule has 0 bridgehead atoms. The zero-order valence-electron chi connectivity index (χ0n) is 15.0. The highest BCUT2D eigenvalue weighted by Crippen LogP contribution is 2.42. The summed E-state index contributed by atoms with van der Waals surface area (Å²) in [6, 6.07) is 9.30. The predicted molar refractivity (Wildman–Crippen MR) is 106 cm³/mol. The minimum atomic E-state index is -0.151. The molecule has 1 fully saturated rings. The van der Waals surface area contributed by atoms with E-state index in [1.807, 2.05) is 31.2 Å². The van der Waals surface area contributed by atoms with Crippen LogP contribution in [0.2, 0.25) is 0 Å². The summed E-state index contributed by atoms with van der Waals surface area (Å²) >= 11 is 3.50. The first-order valence-electron chi connectivity index (χ1n) is 8.89. The second-order valence-electron chi connectivity index (χ2n) is 6.75. The fourth-order valence-electron chi connectivity index (χ4n) is 3.45. The number of phenolic OH excluding ortho intramolecular Hbond substituents is 1. The zero-order valence-corrected chi connectivity index (χ0v) is 16.6. The van der Waals surface area contributed by atoms with Crippen molar-refractivity contribution in [3.63, 3.8) is 0 Å². The van der Waals surface area contributed by atoms with Gasteiger partial charge in [0.05, 0.1) is 24.3 Å². The maximum atomic E-state index is 13.0. The molecular weight excluding hydrogens is 410 g/mol. The third-order valence-corrected chi connectivity index (χ3v) is 5.62. The number of allylic oxidation sites excluding steroid dienone is 1. The van der Waals surface area contributed by atoms with Crippen molar-refractivity contribution in [3.05, 3.63) is 62.8 Å². The molecule has 2 aliphatic heterocycles. The molecule has 27 heavy (non-hydrogen) atoms. The van der Waals surface area contributed by atoms with Gasteiger partial charge in [-0.3, -0.25) is 9.69 Å². The SMILES string of the molecule is Cc1cc(O)c(CN2CCOCC2)c2c1C(=O)/C(=C/c1ccccc1Br)O2. The molecule has 2 aromatic rings. The Hall–Kier alpha value is -2.15. The number of nitrogens with zero attached hydrogens (tertiary/aromatic N) is 1. The molecule has 1 saturated heterocycles. The van der Waals surface area contributed by atoms with Gasteiger partial charge in [-0.05, 0) is 36.3 Å². The van der Waals surface area contributed by atoms with Gasteiger partial charge < -0.3 is 14.6 Å². The van der Waals surface area contributed by atoms with E-state index in [-0.39, 0.29) is 17.3 Å². The molecular formula is C21H20BrNO4. The van der Waals surface area contributed by atoms with Crippen molar-refractivity contribution in [2.24, 2.45) is 0 Å². The number of morpholine rings is 1. The van der Waals surface area contributed by atoms with Gasteiger partial charge in [0.2, 0.25) is 5.78 Å². The van der Waals surface area contributed by atoms with Crippen molar-refractivity contribution < 1.29 is 19.4 Å². The van der Waals surface area contributed by atoms with Crippen molar-refractivity contribution in [3.8, 4) is 11.5 Å². The van der Waals surface area contributed by atoms with Gasteiger partial charge in [-0.1, -0.05) is 34.1 Å². The Morgan fingerprint density at radius 3 is 2.74 bits per heavy atom. The first-order valence-corrected chi connectivity index (χ1v) is 9.68. The molecule has 4 rings (SSSR count). The molecule has 6 heteroatoms. The van der Waals surface area contributed by atoms with E-state index in [1.54, 1.807) is 12.1 Å². The van der Waals surface area contributed by atoms with E-state index in [2.05, 4.69) is 20.8 Å². The Bertz CT molecular complexity index is 932. The summed E-state index contributed by atoms with van der Waals surface area (Å²) in [5, 5.41) is 10.5. The van der Waals surface area contributed by atoms with Crippen molar-refractivity contribution in [1.82, 2.24) is 4.90 Å². The van der Waals surface area contributed by atoms with Crippen LogP contribution in [0.25, 0.3) is 6.08 Å². The first-order chi connectivity index (χ1) is 13.0. The largest absolute Gasteiger partial charge is 0.507 e. The van der Waals surface area contributed by atoms with E-state index < -0.39 is 0 Å². The number of hydrogen-bond donors (Lipinski definition) is 1. The summed E-state index contributed by atoms with van der Waals surface area (Å²) in [6.07, 6.45) is 1.74. The lowest BCUT2D eigenvalue weighted by molar-refractivity contribution is 0.0336. The molecule has 0 unspecified atom stereocenters. The lowest BCUT2D eigenvalue weighted by atomic mass is 9.99. The van der Waals surface area contributed by atoms with Crippen LogP contribution < -0.4 is 4.74 Å². The van der Waals surface area contributed by atoms with Gasteiger partial charge >= 0.3 is 0 Å². The summed E-state index contributed by atoms with van der Waals surface area (Å²) < 4.78 is 12.3. The quantitative estimate of drug-likeness (QED) is 0.749. The van der Waals surface area contributed by atoms with Crippen molar-refractivity contribution in [2.75, 3.05) is 26.3 Å². The van der Waals surface area contributed by atoms with Gasteiger partial charge in [-0.25, -0.2) is 0 Å². The number of rotatable bonds is 3. The molecule has 140 valence electrons. The van der Waals surface area contributed by atoms with Crippen LogP contribution in [0, 0.1) is 6.92 Å². The van der Waals surface area contributed by atoms with Gasteiger partial charge in [0.25, 0.3) is 0 Å². The molecule has 0 saturated carbocycles. The number of carbonyl (C=O) groups is 1. The van der Waals surface area contributed by atoms with E-state index in [1.165, 1.54) is 0 Å². The summed E-state index contributed by atoms with van der Waals surface area (Å²) in [4.78, 5) is 15.2. The van der Waals surface area contributed by atoms with E-state index in [0.29, 0.717) is 42.2 Å². The van der Waals surface area contributed by atoms with Gasteiger partial charge in [-0.15, -0.1) is 0 Å². The second-order valence-corrected chi connectivity index (χ2v) is 7.60. The number of fused-ring (bicyclic) bond motifs is 1. The van der Waals surface area contributed by atoms with Crippen LogP contribution in [-0.2, 0) is 11.3 Å². The number of ketones is 1. The molecule has 0 radical (unpaired) electrons. The van der Waals surface area contributed by atoms with Crippen LogP contribution in [-0.4, -0.2) is 42.1 Å². The van der Waals surface area contributed by atoms with Crippen LogP contribution in [0.3, 0.4) is 0 Å². The summed E-state index contributed by atoms with van der Waals surface area (Å²) in [6.45, 7) is 5.25. The molecule has 5 nitrogen and oxygen atoms in total. The molecule has 2 aliphatic rings. The van der Waals surface area contributed by atoms with Crippen molar-refractivity contribution >= 4 is 27.8 Å². The van der Waals surface area contributed by atoms with Crippen LogP contribution in [0.1, 0.15) is 27.0 Å². The highest BCUT2D eigenvalue weighted by Gasteiger charge is 2.33. The van der Waals surface area contributed by atoms with Crippen LogP contribution in [0.5, 0.6) is 11.5 Å². The molecule has 0 spiro atoms. The van der Waals surface area contributed by atoms with Crippen LogP contribution >= 0.6 is 15.9 Å². The Morgan fingerprint density at radius 2 is 2.00 bits per heavy atom. The third kappa shape index (κ3) is 3.52. The maximum absolute atomic E-state index is 13.0. The lowest BCUT2D eigenvalue weighted by Gasteiger charge is -2.27. The second kappa shape index (κ2) is 7.46. The molecule has 2 heterocycles. The van der Waals surface area contributed by atoms with E-state index in [9.17, 15) is 9.90 Å². The average Bonchev–Trinajstić information content (AvgIpc) is 2.98. The van der Waals surface area contributed by atoms with Crippen LogP contribution in [0.4, 0.5) is 0 Å². The number of aryl methyl sites for hydroxylation is 1. The summed E-state index contributed by atoms with van der Waals surface area (Å²) in [7, 11) is 0. The number of aromatic hydroxyl groups is 1. The minimum absolute atomic E-state index is 0.151. The number of halogens is 1. The van der Waals surface area contributed by atoms with Crippen LogP contribution in [0.15, 0.2) is 40.6 Å². The summed E-state index contributed by atoms with van der Waals surface area (Å²) in [5.74, 6) is 0.755. The predicted octanol–water partition coefficient (Wildman–Crippen LogP) is 3.91. The van der Waals surface area contributed by atoms with E-state index in [4.69, 9.17) is 9.47 Å². The zero-order chi connectivity index (χ0) is 19.0. The number of carbonyl (C=O) groups excluding carboxylic acids is 1. The standard InChI is InChI=1S/C21H20BrNO4/c1-13-10-17(24)15(12-23-6-8-26-9-7-23)21-19(13)20(25)18(27-21)11-14-4-2-3-5-16(14)22/h2-5,10-11,24H,6-9,12H2,1H3/b18-11-. The minimum Gasteiger partial charge on any atom is -0.507 e. The number of phenols is 1. The Morgan fingerprint density at radius 1 is 1.26 bits per heavy atom. The van der Waals surface area contributed by atoms with Crippen molar-refractivity contribution in [1.29, 1.82) is 0 Å². The highest BCUT2D eigenvalue weighted by molar-refractivity contribution is 9.10. The van der Waals surface area contributed by atoms with Gasteiger partial charge in [0, 0.05) is 24.1 Å². The smallest absolute Gasteiger partial charge is 0.232 e. The topological polar surface area (TPSA) is 59.0 Å². The highest BCUT2D eigenvalue weighted by atomic mass is 79.9. The lowest BCUT2D eigenvalue weighted by Crippen LogP contribution is -2.35. The van der Waals surface area contributed by atoms with E-state index in [0.717, 1.165) is 23.1 Å². The van der Waals surface area contributed by atoms with Gasteiger partial charge in [0.15, 0.2) is 5.76 Å². The molecule has 0 amide bonds. The Balaban J connectivity index is 1.72. The molecule has 2 aromatic carbocycles. The first kappa shape index (κ1) is 18.2. The Labute approximate surface area is 166 Å². The number of hydrogen-bond acceptors (Lipinski definition) is 5. The van der Waals surface area contributed by atoms with Gasteiger partial charge in [-0.2, -0.15) is 0 Å². The monoisotopic (exact) mass is 429 g/mol. The molecule has 0 aliphatic carbocycles. The fourth-order valence-corrected chi connectivity index (χ4v) is 3.85. The molecule has 0 atom stereocenters. The van der Waals surface area contributed by atoms with E-state index >= 15 is 0 Å². The number of Topliss-reactive ketones (excluding diaryl/α,β-unsaturated/α-hetero) is 1. The normalized spacial score (nSPS) is 18.6. The maximum Gasteiger partial charge on any atom is 0.232 e. The average molecular weight is 430 g/mol. The summed E-state index contributed by atoms with van der Waals surface area (Å²) in [5.41, 5.74) is 2.77. The van der Waals surface area contributed by atoms with Gasteiger partial charge in [0.1, 0.15) is 11.5 Å². The number of benzene rings is 2. The number of ether oxygens (including phenoxy) is 2. The molecule has 0 aromatic heterocycles. The molecule has 1 N–H and O–H groups in total.